The first kappa shape index (κ1) is 23.6. The largest absolute Gasteiger partial charge is 0.484 e. The van der Waals surface area contributed by atoms with E-state index in [9.17, 15) is 18.0 Å². The van der Waals surface area contributed by atoms with Crippen LogP contribution in [0, 0.1) is 6.92 Å². The number of aromatic nitrogens is 4. The predicted octanol–water partition coefficient (Wildman–Crippen LogP) is 4.78. The Labute approximate surface area is 196 Å². The number of nitrogens with zero attached hydrogens (tertiary/aromatic N) is 4. The quantitative estimate of drug-likeness (QED) is 0.259. The molecular weight excluding hydrogens is 473 g/mol. The summed E-state index contributed by atoms with van der Waals surface area (Å²) in [6, 6.07) is 9.43. The molecule has 0 saturated carbocycles. The second-order valence-corrected chi connectivity index (χ2v) is 7.65. The molecule has 0 radical (unpaired) electrons. The van der Waals surface area contributed by atoms with Crippen LogP contribution in [0.2, 0.25) is 0 Å². The van der Waals surface area contributed by atoms with Crippen molar-refractivity contribution in [2.45, 2.75) is 20.0 Å². The van der Waals surface area contributed by atoms with E-state index < -0.39 is 12.8 Å². The number of hydrogen-bond donors (Lipinski definition) is 0. The minimum atomic E-state index is -4.42. The van der Waals surface area contributed by atoms with Gasteiger partial charge in [0.2, 0.25) is 12.3 Å². The highest BCUT2D eigenvalue weighted by atomic mass is 32.2. The standard InChI is InChI=1S/C22H19F3N4O4S/c1-3-32-34-33-18-10-16(15-4-6-17(7-5-15)31-13-22(23,24)25)11-26-20(18)28-9-8-19-27-14(2)12-29(19)21(28)30/h4-12H,3,13H2,1-2H3. The maximum Gasteiger partial charge on any atom is 0.422 e. The van der Waals surface area contributed by atoms with Gasteiger partial charge in [0.15, 0.2) is 18.2 Å². The summed E-state index contributed by atoms with van der Waals surface area (Å²) in [5, 5.41) is 0. The number of imidazole rings is 1. The lowest BCUT2D eigenvalue weighted by atomic mass is 10.1. The molecule has 12 heteroatoms. The second kappa shape index (κ2) is 9.77. The maximum atomic E-state index is 13.0. The summed E-state index contributed by atoms with van der Waals surface area (Å²) >= 11 is 0.743. The molecule has 178 valence electrons. The molecule has 0 bridgehead atoms. The highest BCUT2D eigenvalue weighted by Gasteiger charge is 2.28. The van der Waals surface area contributed by atoms with Crippen molar-refractivity contribution in [3.63, 3.8) is 0 Å². The number of pyridine rings is 1. The van der Waals surface area contributed by atoms with E-state index in [-0.39, 0.29) is 23.0 Å². The van der Waals surface area contributed by atoms with Crippen molar-refractivity contribution in [2.75, 3.05) is 13.2 Å². The lowest BCUT2D eigenvalue weighted by Crippen LogP contribution is -2.25. The molecule has 1 aromatic carbocycles. The van der Waals surface area contributed by atoms with Crippen LogP contribution in [0.25, 0.3) is 22.6 Å². The molecule has 0 atom stereocenters. The van der Waals surface area contributed by atoms with Gasteiger partial charge in [0, 0.05) is 24.2 Å². The van der Waals surface area contributed by atoms with Gasteiger partial charge < -0.3 is 8.92 Å². The van der Waals surface area contributed by atoms with Gasteiger partial charge in [0.1, 0.15) is 11.4 Å². The van der Waals surface area contributed by atoms with Gasteiger partial charge in [-0.05, 0) is 43.7 Å². The summed E-state index contributed by atoms with van der Waals surface area (Å²) in [7, 11) is 0. The number of fused-ring (bicyclic) bond motifs is 1. The number of aryl methyl sites for hydroxylation is 1. The van der Waals surface area contributed by atoms with Crippen molar-refractivity contribution in [1.29, 1.82) is 0 Å². The number of rotatable bonds is 8. The minimum absolute atomic E-state index is 0.0875. The van der Waals surface area contributed by atoms with Crippen LogP contribution in [0.15, 0.2) is 59.8 Å². The third-order valence-corrected chi connectivity index (χ3v) is 5.16. The van der Waals surface area contributed by atoms with E-state index in [2.05, 4.69) is 9.97 Å². The van der Waals surface area contributed by atoms with Crippen molar-refractivity contribution < 1.29 is 26.3 Å². The van der Waals surface area contributed by atoms with Gasteiger partial charge in [0.25, 0.3) is 0 Å². The third-order valence-electron chi connectivity index (χ3n) is 4.58. The van der Waals surface area contributed by atoms with Crippen LogP contribution in [0.1, 0.15) is 12.6 Å². The molecule has 4 aromatic rings. The zero-order valence-corrected chi connectivity index (χ0v) is 18.9. The molecular formula is C22H19F3N4O4S. The van der Waals surface area contributed by atoms with Gasteiger partial charge in [-0.2, -0.15) is 13.2 Å². The average Bonchev–Trinajstić information content (AvgIpc) is 3.20. The number of hydrogen-bond acceptors (Lipinski definition) is 7. The zero-order valence-electron chi connectivity index (χ0n) is 18.1. The van der Waals surface area contributed by atoms with Crippen LogP contribution in [-0.4, -0.2) is 38.3 Å². The number of ether oxygens (including phenoxy) is 1. The second-order valence-electron chi connectivity index (χ2n) is 7.11. The molecule has 0 aliphatic carbocycles. The van der Waals surface area contributed by atoms with Gasteiger partial charge in [-0.25, -0.2) is 19.3 Å². The van der Waals surface area contributed by atoms with E-state index >= 15 is 0 Å². The Morgan fingerprint density at radius 3 is 2.59 bits per heavy atom. The Hall–Kier alpha value is -3.51. The van der Waals surface area contributed by atoms with E-state index in [0.29, 0.717) is 29.1 Å². The Bertz CT molecular complexity index is 1350. The predicted molar refractivity (Wildman–Crippen MR) is 120 cm³/mol. The molecule has 0 N–H and O–H groups in total. The Kier molecular flexibility index (Phi) is 6.80. The molecule has 0 aliphatic rings. The fourth-order valence-corrected chi connectivity index (χ4v) is 3.46. The molecule has 0 aliphatic heterocycles. The van der Waals surface area contributed by atoms with Crippen molar-refractivity contribution in [3.05, 3.63) is 71.2 Å². The van der Waals surface area contributed by atoms with Gasteiger partial charge in [-0.1, -0.05) is 12.1 Å². The first-order valence-corrected chi connectivity index (χ1v) is 10.8. The summed E-state index contributed by atoms with van der Waals surface area (Å²) in [6.45, 7) is 2.61. The van der Waals surface area contributed by atoms with Crippen molar-refractivity contribution in [2.24, 2.45) is 0 Å². The summed E-state index contributed by atoms with van der Waals surface area (Å²) < 4.78 is 55.4. The lowest BCUT2D eigenvalue weighted by molar-refractivity contribution is -0.153. The van der Waals surface area contributed by atoms with Gasteiger partial charge in [0.05, 0.1) is 12.3 Å². The number of alkyl halides is 3. The third kappa shape index (κ3) is 5.34. The summed E-state index contributed by atoms with van der Waals surface area (Å²) in [5.41, 5.74) is 2.11. The zero-order chi connectivity index (χ0) is 24.3. The lowest BCUT2D eigenvalue weighted by Gasteiger charge is -2.13. The van der Waals surface area contributed by atoms with Crippen LogP contribution in [0.5, 0.6) is 11.5 Å². The number of halogens is 3. The molecule has 8 nitrogen and oxygen atoms in total. The van der Waals surface area contributed by atoms with Crippen LogP contribution >= 0.6 is 12.3 Å². The topological polar surface area (TPSA) is 79.9 Å². The highest BCUT2D eigenvalue weighted by molar-refractivity contribution is 7.90. The van der Waals surface area contributed by atoms with Crippen molar-refractivity contribution in [3.8, 4) is 28.4 Å². The van der Waals surface area contributed by atoms with Gasteiger partial charge in [-0.15, -0.1) is 0 Å². The molecule has 0 spiro atoms. The molecule has 3 aromatic heterocycles. The van der Waals surface area contributed by atoms with E-state index in [4.69, 9.17) is 13.1 Å². The Morgan fingerprint density at radius 2 is 1.88 bits per heavy atom. The normalized spacial score (nSPS) is 11.7. The van der Waals surface area contributed by atoms with Crippen LogP contribution < -0.4 is 14.6 Å². The summed E-state index contributed by atoms with van der Waals surface area (Å²) in [4.78, 5) is 21.7. The van der Waals surface area contributed by atoms with Crippen molar-refractivity contribution in [1.82, 2.24) is 18.9 Å². The van der Waals surface area contributed by atoms with Gasteiger partial charge >= 0.3 is 11.9 Å². The monoisotopic (exact) mass is 492 g/mol. The SMILES string of the molecule is CCOSOc1cc(-c2ccc(OCC(F)(F)F)cc2)cnc1-n1ccc2nc(C)cn2c1=O. The summed E-state index contributed by atoms with van der Waals surface area (Å²) in [5.74, 6) is 0.579. The number of benzene rings is 1. The first-order valence-electron chi connectivity index (χ1n) is 10.1. The Morgan fingerprint density at radius 1 is 1.12 bits per heavy atom. The Balaban J connectivity index is 1.68. The van der Waals surface area contributed by atoms with Crippen LogP contribution in [-0.2, 0) is 4.18 Å². The molecule has 0 saturated heterocycles. The fourth-order valence-electron chi connectivity index (χ4n) is 3.12. The smallest absolute Gasteiger partial charge is 0.422 e. The molecule has 0 unspecified atom stereocenters. The van der Waals surface area contributed by atoms with Crippen molar-refractivity contribution >= 4 is 18.0 Å². The molecule has 3 heterocycles. The molecule has 0 amide bonds. The fraction of sp³-hybridized carbons (Fsp3) is 0.227. The van der Waals surface area contributed by atoms with E-state index in [1.165, 1.54) is 27.3 Å². The van der Waals surface area contributed by atoms with Gasteiger partial charge in [-0.3, -0.25) is 8.58 Å². The van der Waals surface area contributed by atoms with Crippen LogP contribution in [0.3, 0.4) is 0 Å². The van der Waals surface area contributed by atoms with E-state index in [0.717, 1.165) is 12.3 Å². The average molecular weight is 492 g/mol. The van der Waals surface area contributed by atoms with E-state index in [1.54, 1.807) is 50.5 Å². The first-order chi connectivity index (χ1) is 16.2. The minimum Gasteiger partial charge on any atom is -0.484 e. The molecule has 34 heavy (non-hydrogen) atoms. The highest BCUT2D eigenvalue weighted by Crippen LogP contribution is 2.31. The maximum absolute atomic E-state index is 13.0. The summed E-state index contributed by atoms with van der Waals surface area (Å²) in [6.07, 6.45) is 0.297. The molecule has 4 rings (SSSR count). The van der Waals surface area contributed by atoms with E-state index in [1.807, 2.05) is 0 Å². The van der Waals surface area contributed by atoms with Crippen LogP contribution in [0.4, 0.5) is 13.2 Å². The molecule has 0 fully saturated rings.